The summed E-state index contributed by atoms with van der Waals surface area (Å²) in [6.07, 6.45) is 4.31. The second-order valence-electron chi connectivity index (χ2n) is 5.30. The lowest BCUT2D eigenvalue weighted by Crippen LogP contribution is -2.32. The van der Waals surface area contributed by atoms with Crippen LogP contribution in [0.2, 0.25) is 0 Å². The maximum absolute atomic E-state index is 10.2. The molecule has 18 heavy (non-hydrogen) atoms. The number of ether oxygens (including phenoxy) is 1. The van der Waals surface area contributed by atoms with Crippen LogP contribution in [0.5, 0.6) is 0 Å². The van der Waals surface area contributed by atoms with E-state index < -0.39 is 0 Å². The summed E-state index contributed by atoms with van der Waals surface area (Å²) in [5.74, 6) is 0. The molecule has 0 amide bonds. The number of hydrogen-bond acceptors (Lipinski definition) is 3. The third-order valence-corrected chi connectivity index (χ3v) is 3.99. The van der Waals surface area contributed by atoms with Crippen LogP contribution in [-0.2, 0) is 4.74 Å². The summed E-state index contributed by atoms with van der Waals surface area (Å²) in [5, 5.41) is 10.2. The minimum Gasteiger partial charge on any atom is -0.388 e. The van der Waals surface area contributed by atoms with Crippen LogP contribution in [0.25, 0.3) is 0 Å². The summed E-state index contributed by atoms with van der Waals surface area (Å²) in [5.41, 5.74) is 2.27. The first kappa shape index (κ1) is 12.0. The van der Waals surface area contributed by atoms with Gasteiger partial charge in [-0.15, -0.1) is 0 Å². The number of anilines is 1. The molecule has 0 radical (unpaired) electrons. The molecule has 3 nitrogen and oxygen atoms in total. The van der Waals surface area contributed by atoms with E-state index in [0.717, 1.165) is 38.1 Å². The number of aliphatic hydroxyl groups is 1. The van der Waals surface area contributed by atoms with E-state index >= 15 is 0 Å². The molecule has 0 aromatic heterocycles. The number of aliphatic hydroxyl groups excluding tert-OH is 1. The number of nitrogens with zero attached hydrogens (tertiary/aromatic N) is 1. The lowest BCUT2D eigenvalue weighted by Gasteiger charge is -2.27. The van der Waals surface area contributed by atoms with E-state index in [4.69, 9.17) is 4.74 Å². The highest BCUT2D eigenvalue weighted by Gasteiger charge is 2.24. The molecule has 2 heterocycles. The van der Waals surface area contributed by atoms with E-state index in [9.17, 15) is 5.11 Å². The van der Waals surface area contributed by atoms with Gasteiger partial charge >= 0.3 is 0 Å². The van der Waals surface area contributed by atoms with Gasteiger partial charge in [0, 0.05) is 30.9 Å². The van der Waals surface area contributed by atoms with Crippen molar-refractivity contribution in [3.8, 4) is 0 Å². The Morgan fingerprint density at radius 1 is 1.22 bits per heavy atom. The number of para-hydroxylation sites is 1. The second-order valence-corrected chi connectivity index (χ2v) is 5.30. The molecule has 98 valence electrons. The van der Waals surface area contributed by atoms with Crippen LogP contribution >= 0.6 is 0 Å². The summed E-state index contributed by atoms with van der Waals surface area (Å²) in [6, 6.07) is 8.24. The van der Waals surface area contributed by atoms with E-state index in [1.54, 1.807) is 0 Å². The Morgan fingerprint density at radius 2 is 2.11 bits per heavy atom. The standard InChI is InChI=1S/C15H21NO2/c17-15-8-3-9-16(11-12-5-4-10-18-12)14-7-2-1-6-13(14)15/h1-2,6-7,12,15,17H,3-5,8-11H2. The van der Waals surface area contributed by atoms with Crippen LogP contribution in [-0.4, -0.2) is 30.9 Å². The monoisotopic (exact) mass is 247 g/mol. The number of rotatable bonds is 2. The van der Waals surface area contributed by atoms with Crippen molar-refractivity contribution < 1.29 is 9.84 Å². The van der Waals surface area contributed by atoms with Gasteiger partial charge in [-0.3, -0.25) is 0 Å². The van der Waals surface area contributed by atoms with Crippen LogP contribution in [0.3, 0.4) is 0 Å². The molecule has 0 bridgehead atoms. The van der Waals surface area contributed by atoms with Gasteiger partial charge in [-0.25, -0.2) is 0 Å². The molecule has 2 aliphatic heterocycles. The molecule has 0 spiro atoms. The van der Waals surface area contributed by atoms with Gasteiger partial charge in [0.25, 0.3) is 0 Å². The maximum Gasteiger partial charge on any atom is 0.0810 e. The Balaban J connectivity index is 1.82. The summed E-state index contributed by atoms with van der Waals surface area (Å²) < 4.78 is 5.73. The molecule has 1 aromatic carbocycles. The first-order valence-corrected chi connectivity index (χ1v) is 6.98. The van der Waals surface area contributed by atoms with Gasteiger partial charge in [-0.1, -0.05) is 18.2 Å². The summed E-state index contributed by atoms with van der Waals surface area (Å²) in [4.78, 5) is 2.39. The average molecular weight is 247 g/mol. The van der Waals surface area contributed by atoms with E-state index in [1.807, 2.05) is 12.1 Å². The number of hydrogen-bond donors (Lipinski definition) is 1. The number of benzene rings is 1. The lowest BCUT2D eigenvalue weighted by molar-refractivity contribution is 0.115. The Hall–Kier alpha value is -1.06. The Kier molecular flexibility index (Phi) is 3.52. The Morgan fingerprint density at radius 3 is 2.94 bits per heavy atom. The van der Waals surface area contributed by atoms with E-state index in [0.29, 0.717) is 6.10 Å². The molecular formula is C15H21NO2. The summed E-state index contributed by atoms with van der Waals surface area (Å²) in [6.45, 7) is 2.89. The predicted molar refractivity (Wildman–Crippen MR) is 71.8 cm³/mol. The minimum absolute atomic E-state index is 0.310. The average Bonchev–Trinajstić information content (AvgIpc) is 2.85. The van der Waals surface area contributed by atoms with E-state index in [2.05, 4.69) is 17.0 Å². The van der Waals surface area contributed by atoms with Gasteiger partial charge in [0.1, 0.15) is 0 Å². The first-order chi connectivity index (χ1) is 8.84. The zero-order valence-corrected chi connectivity index (χ0v) is 10.7. The minimum atomic E-state index is -0.310. The van der Waals surface area contributed by atoms with Crippen molar-refractivity contribution in [2.45, 2.75) is 37.9 Å². The van der Waals surface area contributed by atoms with Crippen molar-refractivity contribution in [2.75, 3.05) is 24.6 Å². The van der Waals surface area contributed by atoms with E-state index in [1.165, 1.54) is 18.5 Å². The molecule has 2 unspecified atom stereocenters. The lowest BCUT2D eigenvalue weighted by atomic mass is 10.0. The molecule has 2 atom stereocenters. The van der Waals surface area contributed by atoms with Crippen LogP contribution in [0, 0.1) is 0 Å². The summed E-state index contributed by atoms with van der Waals surface area (Å²) in [7, 11) is 0. The van der Waals surface area contributed by atoms with Crippen molar-refractivity contribution in [2.24, 2.45) is 0 Å². The fourth-order valence-corrected chi connectivity index (χ4v) is 3.03. The third-order valence-electron chi connectivity index (χ3n) is 3.99. The topological polar surface area (TPSA) is 32.7 Å². The molecule has 2 aliphatic rings. The normalized spacial score (nSPS) is 27.9. The van der Waals surface area contributed by atoms with Crippen LogP contribution in [0.1, 0.15) is 37.4 Å². The van der Waals surface area contributed by atoms with Gasteiger partial charge in [0.15, 0.2) is 0 Å². The zero-order chi connectivity index (χ0) is 12.4. The highest BCUT2D eigenvalue weighted by Crippen LogP contribution is 2.33. The molecule has 1 saturated heterocycles. The molecule has 0 aliphatic carbocycles. The van der Waals surface area contributed by atoms with Crippen molar-refractivity contribution in [1.29, 1.82) is 0 Å². The quantitative estimate of drug-likeness (QED) is 0.871. The van der Waals surface area contributed by atoms with Gasteiger partial charge < -0.3 is 14.7 Å². The maximum atomic E-state index is 10.2. The Labute approximate surface area is 108 Å². The van der Waals surface area contributed by atoms with Crippen molar-refractivity contribution >= 4 is 5.69 Å². The van der Waals surface area contributed by atoms with Crippen LogP contribution in [0.15, 0.2) is 24.3 Å². The molecule has 1 fully saturated rings. The van der Waals surface area contributed by atoms with Gasteiger partial charge in [-0.2, -0.15) is 0 Å². The van der Waals surface area contributed by atoms with Gasteiger partial charge in [0.2, 0.25) is 0 Å². The largest absolute Gasteiger partial charge is 0.388 e. The predicted octanol–water partition coefficient (Wildman–Crippen LogP) is 2.50. The third kappa shape index (κ3) is 2.38. The fraction of sp³-hybridized carbons (Fsp3) is 0.600. The Bertz CT molecular complexity index is 401. The fourth-order valence-electron chi connectivity index (χ4n) is 3.03. The smallest absolute Gasteiger partial charge is 0.0810 e. The summed E-state index contributed by atoms with van der Waals surface area (Å²) >= 11 is 0. The van der Waals surface area contributed by atoms with Crippen molar-refractivity contribution in [3.63, 3.8) is 0 Å². The van der Waals surface area contributed by atoms with Gasteiger partial charge in [-0.05, 0) is 31.7 Å². The molecule has 3 rings (SSSR count). The molecule has 3 heteroatoms. The highest BCUT2D eigenvalue weighted by atomic mass is 16.5. The molecular weight excluding hydrogens is 226 g/mol. The van der Waals surface area contributed by atoms with Crippen molar-refractivity contribution in [3.05, 3.63) is 29.8 Å². The van der Waals surface area contributed by atoms with E-state index in [-0.39, 0.29) is 6.10 Å². The molecule has 0 saturated carbocycles. The molecule has 1 N–H and O–H groups in total. The first-order valence-electron chi connectivity index (χ1n) is 6.98. The second kappa shape index (κ2) is 5.29. The van der Waals surface area contributed by atoms with Crippen LogP contribution in [0.4, 0.5) is 5.69 Å². The zero-order valence-electron chi connectivity index (χ0n) is 10.7. The van der Waals surface area contributed by atoms with Crippen LogP contribution < -0.4 is 4.90 Å². The van der Waals surface area contributed by atoms with Crippen molar-refractivity contribution in [1.82, 2.24) is 0 Å². The SMILES string of the molecule is OC1CCCN(CC2CCCO2)c2ccccc21. The highest BCUT2D eigenvalue weighted by molar-refractivity contribution is 5.55. The molecule has 1 aromatic rings. The number of fused-ring (bicyclic) bond motifs is 1. The van der Waals surface area contributed by atoms with Gasteiger partial charge in [0.05, 0.1) is 12.2 Å².